The normalized spacial score (nSPS) is 12.1. The molecule has 0 radical (unpaired) electrons. The second kappa shape index (κ2) is 21.4. The van der Waals surface area contributed by atoms with Gasteiger partial charge in [-0.1, -0.05) is 74.8 Å². The van der Waals surface area contributed by atoms with Crippen LogP contribution in [0.5, 0.6) is 0 Å². The fourth-order valence-electron chi connectivity index (χ4n) is 2.54. The maximum Gasteiger partial charge on any atom is 0.252 e. The lowest BCUT2D eigenvalue weighted by Crippen LogP contribution is -2.32. The van der Waals surface area contributed by atoms with Crippen LogP contribution in [0, 0.1) is 0 Å². The molecule has 0 aromatic rings. The van der Waals surface area contributed by atoms with Gasteiger partial charge < -0.3 is 5.11 Å². The average molecular weight is 390 g/mol. The molecule has 158 valence electrons. The summed E-state index contributed by atoms with van der Waals surface area (Å²) < 4.78 is 0. The van der Waals surface area contributed by atoms with Crippen LogP contribution in [0.25, 0.3) is 0 Å². The predicted molar refractivity (Wildman–Crippen MR) is 118 cm³/mol. The van der Waals surface area contributed by atoms with E-state index in [2.05, 4.69) is 60.8 Å². The van der Waals surface area contributed by atoms with Gasteiger partial charge in [0.15, 0.2) is 0 Å². The average Bonchev–Trinajstić information content (AvgIpc) is 2.69. The number of amides is 2. The minimum Gasteiger partial charge on any atom is -0.387 e. The zero-order chi connectivity index (χ0) is 20.7. The first-order chi connectivity index (χ1) is 13.7. The van der Waals surface area contributed by atoms with E-state index in [4.69, 9.17) is 5.11 Å². The largest absolute Gasteiger partial charge is 0.387 e. The lowest BCUT2D eigenvalue weighted by molar-refractivity contribution is -0.132. The lowest BCUT2D eigenvalue weighted by Gasteiger charge is -2.01. The molecule has 0 aliphatic heterocycles. The highest BCUT2D eigenvalue weighted by atomic mass is 16.3. The summed E-state index contributed by atoms with van der Waals surface area (Å²) in [7, 11) is 0. The third kappa shape index (κ3) is 20.4. The number of aliphatic hydroxyl groups is 1. The van der Waals surface area contributed by atoms with Gasteiger partial charge in [0.2, 0.25) is 5.91 Å². The van der Waals surface area contributed by atoms with Gasteiger partial charge in [-0.2, -0.15) is 0 Å². The van der Waals surface area contributed by atoms with Gasteiger partial charge in [-0.3, -0.25) is 14.9 Å². The van der Waals surface area contributed by atoms with Crippen LogP contribution in [0.4, 0.5) is 0 Å². The van der Waals surface area contributed by atoms with Crippen LogP contribution in [0.1, 0.15) is 84.0 Å². The van der Waals surface area contributed by atoms with Crippen molar-refractivity contribution in [3.8, 4) is 0 Å². The number of carbonyl (C=O) groups excluding carboxylic acids is 2. The van der Waals surface area contributed by atoms with Crippen molar-refractivity contribution in [2.24, 2.45) is 0 Å². The van der Waals surface area contributed by atoms with Gasteiger partial charge in [-0.05, 0) is 51.4 Å². The summed E-state index contributed by atoms with van der Waals surface area (Å²) in [5.74, 6) is -0.942. The number of hydrogen-bond donors (Lipinski definition) is 2. The lowest BCUT2D eigenvalue weighted by atomic mass is 10.1. The number of aliphatic hydroxyl groups excluding tert-OH is 1. The highest BCUT2D eigenvalue weighted by Crippen LogP contribution is 2.04. The van der Waals surface area contributed by atoms with Gasteiger partial charge in [0, 0.05) is 6.42 Å². The van der Waals surface area contributed by atoms with E-state index in [0.717, 1.165) is 44.9 Å². The van der Waals surface area contributed by atoms with Crippen molar-refractivity contribution >= 4 is 11.8 Å². The van der Waals surface area contributed by atoms with E-state index in [1.807, 2.05) is 0 Å². The molecule has 0 spiro atoms. The summed E-state index contributed by atoms with van der Waals surface area (Å²) in [6.07, 6.45) is 29.9. The number of allylic oxidation sites excluding steroid dienone is 8. The standard InChI is InChI=1S/C24H39NO3/c1-2-3-4-5-6-7-8-9-10-11-12-13-14-15-16-17-18-19-20-21-23(27)25-24(28)22-26/h6-7,9-10,12-13,15-16,26H,2-5,8,11,14,17-22H2,1H3,(H,25,27,28). The van der Waals surface area contributed by atoms with E-state index in [-0.39, 0.29) is 5.91 Å². The maximum absolute atomic E-state index is 11.3. The van der Waals surface area contributed by atoms with E-state index < -0.39 is 12.5 Å². The molecule has 0 atom stereocenters. The Kier molecular flexibility index (Phi) is 19.9. The second-order valence-corrected chi connectivity index (χ2v) is 6.82. The fraction of sp³-hybridized carbons (Fsp3) is 0.583. The van der Waals surface area contributed by atoms with E-state index in [1.165, 1.54) is 25.7 Å². The van der Waals surface area contributed by atoms with Gasteiger partial charge >= 0.3 is 0 Å². The Morgan fingerprint density at radius 1 is 0.679 bits per heavy atom. The molecule has 0 aliphatic rings. The van der Waals surface area contributed by atoms with Gasteiger partial charge in [-0.25, -0.2) is 0 Å². The van der Waals surface area contributed by atoms with E-state index in [0.29, 0.717) is 6.42 Å². The van der Waals surface area contributed by atoms with Gasteiger partial charge in [0.25, 0.3) is 5.91 Å². The highest BCUT2D eigenvalue weighted by Gasteiger charge is 2.05. The van der Waals surface area contributed by atoms with Crippen molar-refractivity contribution in [2.75, 3.05) is 6.61 Å². The summed E-state index contributed by atoms with van der Waals surface area (Å²) in [5, 5.41) is 10.7. The van der Waals surface area contributed by atoms with Gasteiger partial charge in [0.05, 0.1) is 0 Å². The molecular weight excluding hydrogens is 350 g/mol. The third-order valence-corrected chi connectivity index (χ3v) is 4.15. The van der Waals surface area contributed by atoms with E-state index in [1.54, 1.807) is 0 Å². The Morgan fingerprint density at radius 3 is 1.68 bits per heavy atom. The molecule has 0 aliphatic carbocycles. The predicted octanol–water partition coefficient (Wildman–Crippen LogP) is 5.55. The molecular formula is C24H39NO3. The number of unbranched alkanes of at least 4 members (excludes halogenated alkanes) is 6. The molecule has 4 heteroatoms. The number of hydrogen-bond acceptors (Lipinski definition) is 3. The Balaban J connectivity index is 3.46. The number of nitrogens with one attached hydrogen (secondary N) is 1. The zero-order valence-electron chi connectivity index (χ0n) is 17.6. The quantitative estimate of drug-likeness (QED) is 0.253. The molecule has 0 rings (SSSR count). The molecule has 0 saturated heterocycles. The van der Waals surface area contributed by atoms with E-state index >= 15 is 0 Å². The van der Waals surface area contributed by atoms with Crippen molar-refractivity contribution in [1.82, 2.24) is 5.32 Å². The molecule has 0 aromatic heterocycles. The van der Waals surface area contributed by atoms with Crippen molar-refractivity contribution in [3.05, 3.63) is 48.6 Å². The number of rotatable bonds is 17. The van der Waals surface area contributed by atoms with Gasteiger partial charge in [0.1, 0.15) is 6.61 Å². The first-order valence-corrected chi connectivity index (χ1v) is 10.7. The molecule has 0 aromatic carbocycles. The SMILES string of the molecule is CCCCCC=CCC=CCC=CCC=CCCCCCC(=O)NC(=O)CO. The zero-order valence-corrected chi connectivity index (χ0v) is 17.6. The molecule has 0 bridgehead atoms. The fourth-order valence-corrected chi connectivity index (χ4v) is 2.54. The molecule has 4 nitrogen and oxygen atoms in total. The van der Waals surface area contributed by atoms with E-state index in [9.17, 15) is 9.59 Å². The minimum absolute atomic E-state index is 0.309. The summed E-state index contributed by atoms with van der Waals surface area (Å²) in [6, 6.07) is 0. The Morgan fingerprint density at radius 2 is 1.18 bits per heavy atom. The van der Waals surface area contributed by atoms with Crippen LogP contribution in [0.3, 0.4) is 0 Å². The first-order valence-electron chi connectivity index (χ1n) is 10.7. The Bertz CT molecular complexity index is 504. The number of carbonyl (C=O) groups is 2. The van der Waals surface area contributed by atoms with Crippen LogP contribution in [0.2, 0.25) is 0 Å². The summed E-state index contributed by atoms with van der Waals surface area (Å²) in [4.78, 5) is 22.1. The highest BCUT2D eigenvalue weighted by molar-refractivity contribution is 5.95. The molecule has 0 heterocycles. The molecule has 28 heavy (non-hydrogen) atoms. The first kappa shape index (κ1) is 26.1. The second-order valence-electron chi connectivity index (χ2n) is 6.82. The van der Waals surface area contributed by atoms with Gasteiger partial charge in [-0.15, -0.1) is 0 Å². The number of imide groups is 1. The van der Waals surface area contributed by atoms with Crippen LogP contribution in [-0.2, 0) is 9.59 Å². The summed E-state index contributed by atoms with van der Waals surface area (Å²) in [6.45, 7) is 1.59. The minimum atomic E-state index is -0.641. The summed E-state index contributed by atoms with van der Waals surface area (Å²) in [5.41, 5.74) is 0. The van der Waals surface area contributed by atoms with Crippen LogP contribution < -0.4 is 5.32 Å². The topological polar surface area (TPSA) is 66.4 Å². The Hall–Kier alpha value is -1.94. The van der Waals surface area contributed by atoms with Crippen molar-refractivity contribution in [2.45, 2.75) is 84.0 Å². The molecule has 2 N–H and O–H groups in total. The smallest absolute Gasteiger partial charge is 0.252 e. The van der Waals surface area contributed by atoms with Crippen LogP contribution >= 0.6 is 0 Å². The molecule has 0 unspecified atom stereocenters. The molecule has 0 fully saturated rings. The van der Waals surface area contributed by atoms with Crippen LogP contribution in [-0.4, -0.2) is 23.5 Å². The summed E-state index contributed by atoms with van der Waals surface area (Å²) >= 11 is 0. The van der Waals surface area contributed by atoms with Crippen molar-refractivity contribution in [1.29, 1.82) is 0 Å². The maximum atomic E-state index is 11.3. The Labute approximate surface area is 171 Å². The molecule has 0 saturated carbocycles. The molecule has 2 amide bonds. The third-order valence-electron chi connectivity index (χ3n) is 4.15. The van der Waals surface area contributed by atoms with Crippen LogP contribution in [0.15, 0.2) is 48.6 Å². The van der Waals surface area contributed by atoms with Crippen molar-refractivity contribution < 1.29 is 14.7 Å². The van der Waals surface area contributed by atoms with Crippen molar-refractivity contribution in [3.63, 3.8) is 0 Å². The monoisotopic (exact) mass is 389 g/mol.